The molecule has 0 aliphatic rings. The van der Waals surface area contributed by atoms with Crippen LogP contribution in [0.25, 0.3) is 0 Å². The molecule has 0 bridgehead atoms. The van der Waals surface area contributed by atoms with Crippen molar-refractivity contribution in [2.75, 3.05) is 11.6 Å². The van der Waals surface area contributed by atoms with E-state index >= 15 is 0 Å². The molecule has 116 valence electrons. The van der Waals surface area contributed by atoms with Crippen molar-refractivity contribution in [3.63, 3.8) is 0 Å². The van der Waals surface area contributed by atoms with Crippen LogP contribution in [-0.4, -0.2) is 20.6 Å². The summed E-state index contributed by atoms with van der Waals surface area (Å²) in [6, 6.07) is 11.7. The van der Waals surface area contributed by atoms with Gasteiger partial charge < -0.3 is 5.32 Å². The van der Waals surface area contributed by atoms with E-state index in [1.54, 1.807) is 30.3 Å². The molecule has 0 aliphatic heterocycles. The van der Waals surface area contributed by atoms with Crippen molar-refractivity contribution in [1.82, 2.24) is 0 Å². The molecule has 0 saturated carbocycles. The average Bonchev–Trinajstić information content (AvgIpc) is 2.42. The van der Waals surface area contributed by atoms with E-state index in [1.165, 1.54) is 12.1 Å². The number of hydrogen-bond donors (Lipinski definition) is 1. The summed E-state index contributed by atoms with van der Waals surface area (Å²) in [5.74, 6) is -0.212. The summed E-state index contributed by atoms with van der Waals surface area (Å²) in [4.78, 5) is 12.3. The molecule has 0 aliphatic carbocycles. The quantitative estimate of drug-likeness (QED) is 0.931. The van der Waals surface area contributed by atoms with E-state index in [9.17, 15) is 13.2 Å². The zero-order valence-electron chi connectivity index (χ0n) is 12.3. The standard InChI is InChI=1S/C16H16ClNO3S/c1-11-3-8-14(22(2,20)21)10-15(11)18-16(19)9-12-4-6-13(17)7-5-12/h3-8,10H,9H2,1-2H3,(H,18,19). The van der Waals surface area contributed by atoms with Gasteiger partial charge in [-0.1, -0.05) is 29.8 Å². The Kier molecular flexibility index (Phi) is 4.88. The Morgan fingerprint density at radius 1 is 1.14 bits per heavy atom. The summed E-state index contributed by atoms with van der Waals surface area (Å²) < 4.78 is 23.2. The Bertz CT molecular complexity index is 799. The van der Waals surface area contributed by atoms with Crippen molar-refractivity contribution in [3.05, 3.63) is 58.6 Å². The summed E-state index contributed by atoms with van der Waals surface area (Å²) in [5.41, 5.74) is 2.14. The minimum absolute atomic E-state index is 0.180. The van der Waals surface area contributed by atoms with E-state index in [1.807, 2.05) is 6.92 Å². The number of benzene rings is 2. The average molecular weight is 338 g/mol. The number of carbonyl (C=O) groups is 1. The van der Waals surface area contributed by atoms with Gasteiger partial charge in [0.05, 0.1) is 11.3 Å². The second-order valence-corrected chi connectivity index (χ2v) is 7.55. The fraction of sp³-hybridized carbons (Fsp3) is 0.188. The topological polar surface area (TPSA) is 63.2 Å². The van der Waals surface area contributed by atoms with Crippen LogP contribution in [0.3, 0.4) is 0 Å². The molecule has 2 rings (SSSR count). The van der Waals surface area contributed by atoms with Crippen LogP contribution in [0.5, 0.6) is 0 Å². The van der Waals surface area contributed by atoms with E-state index in [4.69, 9.17) is 11.6 Å². The van der Waals surface area contributed by atoms with Crippen LogP contribution in [0.4, 0.5) is 5.69 Å². The molecule has 0 aromatic heterocycles. The Morgan fingerprint density at radius 3 is 2.36 bits per heavy atom. The highest BCUT2D eigenvalue weighted by Crippen LogP contribution is 2.20. The lowest BCUT2D eigenvalue weighted by Crippen LogP contribution is -2.15. The first-order valence-electron chi connectivity index (χ1n) is 6.61. The van der Waals surface area contributed by atoms with E-state index in [-0.39, 0.29) is 17.2 Å². The maximum atomic E-state index is 12.1. The second-order valence-electron chi connectivity index (χ2n) is 5.10. The monoisotopic (exact) mass is 337 g/mol. The first-order valence-corrected chi connectivity index (χ1v) is 8.87. The molecular weight excluding hydrogens is 322 g/mol. The minimum Gasteiger partial charge on any atom is -0.326 e. The van der Waals surface area contributed by atoms with Crippen LogP contribution < -0.4 is 5.32 Å². The molecule has 0 atom stereocenters. The predicted octanol–water partition coefficient (Wildman–Crippen LogP) is 3.23. The summed E-state index contributed by atoms with van der Waals surface area (Å²) in [5, 5.41) is 3.36. The fourth-order valence-corrected chi connectivity index (χ4v) is 2.72. The van der Waals surface area contributed by atoms with Gasteiger partial charge in [-0.2, -0.15) is 0 Å². The van der Waals surface area contributed by atoms with Crippen LogP contribution >= 0.6 is 11.6 Å². The first-order chi connectivity index (χ1) is 10.3. The van der Waals surface area contributed by atoms with Crippen molar-refractivity contribution in [1.29, 1.82) is 0 Å². The molecule has 6 heteroatoms. The van der Waals surface area contributed by atoms with Gasteiger partial charge in [-0.05, 0) is 42.3 Å². The van der Waals surface area contributed by atoms with Gasteiger partial charge in [0.15, 0.2) is 9.84 Å². The number of carbonyl (C=O) groups excluding carboxylic acids is 1. The highest BCUT2D eigenvalue weighted by Gasteiger charge is 2.11. The predicted molar refractivity (Wildman–Crippen MR) is 88.1 cm³/mol. The number of sulfone groups is 1. The molecule has 4 nitrogen and oxygen atoms in total. The van der Waals surface area contributed by atoms with Gasteiger partial charge in [0.25, 0.3) is 0 Å². The van der Waals surface area contributed by atoms with E-state index in [0.29, 0.717) is 10.7 Å². The van der Waals surface area contributed by atoms with Crippen molar-refractivity contribution < 1.29 is 13.2 Å². The van der Waals surface area contributed by atoms with Gasteiger partial charge in [-0.3, -0.25) is 4.79 Å². The van der Waals surface area contributed by atoms with Crippen molar-refractivity contribution in [2.24, 2.45) is 0 Å². The third kappa shape index (κ3) is 4.32. The molecule has 0 radical (unpaired) electrons. The fourth-order valence-electron chi connectivity index (χ4n) is 1.95. The third-order valence-electron chi connectivity index (χ3n) is 3.19. The number of rotatable bonds is 4. The molecule has 22 heavy (non-hydrogen) atoms. The third-order valence-corrected chi connectivity index (χ3v) is 4.55. The first kappa shape index (κ1) is 16.5. The van der Waals surface area contributed by atoms with Gasteiger partial charge in [0.1, 0.15) is 0 Å². The smallest absolute Gasteiger partial charge is 0.228 e. The van der Waals surface area contributed by atoms with Gasteiger partial charge in [-0.15, -0.1) is 0 Å². The zero-order valence-corrected chi connectivity index (χ0v) is 13.8. The lowest BCUT2D eigenvalue weighted by atomic mass is 10.1. The molecule has 2 aromatic carbocycles. The maximum absolute atomic E-state index is 12.1. The van der Waals surface area contributed by atoms with E-state index in [2.05, 4.69) is 5.32 Å². The summed E-state index contributed by atoms with van der Waals surface area (Å²) in [6.07, 6.45) is 1.33. The lowest BCUT2D eigenvalue weighted by Gasteiger charge is -2.10. The largest absolute Gasteiger partial charge is 0.326 e. The molecule has 0 heterocycles. The SMILES string of the molecule is Cc1ccc(S(C)(=O)=O)cc1NC(=O)Cc1ccc(Cl)cc1. The normalized spacial score (nSPS) is 11.2. The van der Waals surface area contributed by atoms with Crippen LogP contribution in [0.1, 0.15) is 11.1 Å². The van der Waals surface area contributed by atoms with Crippen molar-refractivity contribution in [2.45, 2.75) is 18.2 Å². The highest BCUT2D eigenvalue weighted by atomic mass is 35.5. The molecule has 0 unspecified atom stereocenters. The van der Waals surface area contributed by atoms with Gasteiger partial charge >= 0.3 is 0 Å². The van der Waals surface area contributed by atoms with Gasteiger partial charge in [0, 0.05) is 17.0 Å². The molecular formula is C16H16ClNO3S. The van der Waals surface area contributed by atoms with Gasteiger partial charge in [0.2, 0.25) is 5.91 Å². The minimum atomic E-state index is -3.31. The Balaban J connectivity index is 2.16. The van der Waals surface area contributed by atoms with E-state index < -0.39 is 9.84 Å². The van der Waals surface area contributed by atoms with Crippen molar-refractivity contribution in [3.8, 4) is 0 Å². The lowest BCUT2D eigenvalue weighted by molar-refractivity contribution is -0.115. The summed E-state index contributed by atoms with van der Waals surface area (Å²) >= 11 is 5.80. The Hall–Kier alpha value is -1.85. The number of halogens is 1. The Morgan fingerprint density at radius 2 is 1.77 bits per heavy atom. The summed E-state index contributed by atoms with van der Waals surface area (Å²) in [7, 11) is -3.31. The van der Waals surface area contributed by atoms with Crippen LogP contribution in [0.15, 0.2) is 47.4 Å². The molecule has 2 aromatic rings. The second kappa shape index (κ2) is 6.50. The number of anilines is 1. The number of nitrogens with one attached hydrogen (secondary N) is 1. The number of amides is 1. The highest BCUT2D eigenvalue weighted by molar-refractivity contribution is 7.90. The molecule has 0 fully saturated rings. The van der Waals surface area contributed by atoms with Crippen molar-refractivity contribution >= 4 is 33.0 Å². The number of hydrogen-bond acceptors (Lipinski definition) is 3. The molecule has 0 saturated heterocycles. The number of aryl methyl sites for hydroxylation is 1. The van der Waals surface area contributed by atoms with Crippen LogP contribution in [-0.2, 0) is 21.1 Å². The molecule has 0 spiro atoms. The van der Waals surface area contributed by atoms with Gasteiger partial charge in [-0.25, -0.2) is 8.42 Å². The summed E-state index contributed by atoms with van der Waals surface area (Å²) in [6.45, 7) is 1.81. The zero-order chi connectivity index (χ0) is 16.3. The van der Waals surface area contributed by atoms with Crippen LogP contribution in [0, 0.1) is 6.92 Å². The van der Waals surface area contributed by atoms with E-state index in [0.717, 1.165) is 17.4 Å². The van der Waals surface area contributed by atoms with Crippen LogP contribution in [0.2, 0.25) is 5.02 Å². The molecule has 1 amide bonds. The molecule has 1 N–H and O–H groups in total. The Labute approximate surface area is 135 Å². The maximum Gasteiger partial charge on any atom is 0.228 e.